The van der Waals surface area contributed by atoms with Crippen LogP contribution in [-0.4, -0.2) is 51.8 Å². The zero-order chi connectivity index (χ0) is 26.5. The van der Waals surface area contributed by atoms with Crippen LogP contribution in [0.5, 0.6) is 0 Å². The molecule has 4 rings (SSSR count). The number of hydrogen-bond acceptors (Lipinski definition) is 6. The number of hydrogen-bond donors (Lipinski definition) is 2. The lowest BCUT2D eigenvalue weighted by Gasteiger charge is -2.20. The van der Waals surface area contributed by atoms with E-state index in [-0.39, 0.29) is 30.2 Å². The Bertz CT molecular complexity index is 1370. The van der Waals surface area contributed by atoms with Crippen LogP contribution in [0.2, 0.25) is 0 Å². The van der Waals surface area contributed by atoms with Crippen LogP contribution in [-0.2, 0) is 4.79 Å². The lowest BCUT2D eigenvalue weighted by molar-refractivity contribution is -0.116. The fraction of sp³-hybridized carbons (Fsp3) is 0.286. The van der Waals surface area contributed by atoms with Crippen LogP contribution in [0, 0.1) is 13.8 Å². The number of likely N-dealkylation sites (N-methyl/N-ethyl adjacent to an activating group) is 1. The largest absolute Gasteiger partial charge is 0.451 e. The third kappa shape index (κ3) is 5.78. The molecule has 9 heteroatoms. The highest BCUT2D eigenvalue weighted by atomic mass is 16.4. The Morgan fingerprint density at radius 1 is 1.05 bits per heavy atom. The number of aryl methyl sites for hydroxylation is 2. The third-order valence-corrected chi connectivity index (χ3v) is 6.37. The zero-order valence-electron chi connectivity index (χ0n) is 21.8. The molecule has 0 aliphatic carbocycles. The maximum Gasteiger partial charge on any atom is 0.290 e. The zero-order valence-corrected chi connectivity index (χ0v) is 21.8. The number of carbonyl (C=O) groups is 2. The van der Waals surface area contributed by atoms with E-state index in [1.165, 1.54) is 4.90 Å². The molecule has 0 fully saturated rings. The van der Waals surface area contributed by atoms with Crippen molar-refractivity contribution >= 4 is 17.5 Å². The van der Waals surface area contributed by atoms with Gasteiger partial charge in [0, 0.05) is 23.8 Å². The molecule has 192 valence electrons. The molecule has 2 aromatic carbocycles. The summed E-state index contributed by atoms with van der Waals surface area (Å²) in [6.07, 6.45) is 1.88. The van der Waals surface area contributed by atoms with Crippen LogP contribution in [0.1, 0.15) is 47.3 Å². The van der Waals surface area contributed by atoms with E-state index < -0.39 is 0 Å². The molecule has 2 N–H and O–H groups in total. The molecule has 0 spiro atoms. The number of nitrogens with one attached hydrogen (secondary N) is 2. The molecular formula is C28H32N6O3. The van der Waals surface area contributed by atoms with E-state index in [0.717, 1.165) is 33.8 Å². The Kier molecular flexibility index (Phi) is 7.83. The Morgan fingerprint density at radius 2 is 1.76 bits per heavy atom. The van der Waals surface area contributed by atoms with Gasteiger partial charge in [-0.2, -0.15) is 0 Å². The second-order valence-corrected chi connectivity index (χ2v) is 8.94. The summed E-state index contributed by atoms with van der Waals surface area (Å²) < 4.78 is 7.60. The molecule has 1 unspecified atom stereocenters. The molecular weight excluding hydrogens is 468 g/mol. The molecule has 0 radical (unpaired) electrons. The molecule has 9 nitrogen and oxygen atoms in total. The summed E-state index contributed by atoms with van der Waals surface area (Å²) in [4.78, 5) is 27.3. The number of amides is 2. The highest BCUT2D eigenvalue weighted by Gasteiger charge is 2.21. The van der Waals surface area contributed by atoms with Gasteiger partial charge in [0.15, 0.2) is 5.76 Å². The fourth-order valence-corrected chi connectivity index (χ4v) is 3.98. The van der Waals surface area contributed by atoms with Gasteiger partial charge in [0.25, 0.3) is 5.91 Å². The summed E-state index contributed by atoms with van der Waals surface area (Å²) in [5.41, 5.74) is 5.26. The van der Waals surface area contributed by atoms with Crippen molar-refractivity contribution in [3.05, 3.63) is 83.4 Å². The standard InChI is InChI=1S/C28H32N6O3/c1-6-33(17-26(35)30-27-18(2)8-7-9-19(27)3)28(36)25-15-14-24(37-25)21-10-12-22(13-11-21)34-16-23(31-32-34)20(4)29-5/h7-16,20,29H,6,17H2,1-5H3,(H,30,35). The van der Waals surface area contributed by atoms with Crippen molar-refractivity contribution in [3.63, 3.8) is 0 Å². The maximum atomic E-state index is 13.1. The van der Waals surface area contributed by atoms with Crippen LogP contribution in [0.3, 0.4) is 0 Å². The van der Waals surface area contributed by atoms with Gasteiger partial charge in [0.05, 0.1) is 17.6 Å². The first-order valence-corrected chi connectivity index (χ1v) is 12.3. The molecule has 0 bridgehead atoms. The first kappa shape index (κ1) is 25.8. The molecule has 1 atom stereocenters. The Morgan fingerprint density at radius 3 is 2.41 bits per heavy atom. The normalized spacial score (nSPS) is 11.8. The summed E-state index contributed by atoms with van der Waals surface area (Å²) in [5, 5.41) is 14.5. The Hall–Kier alpha value is -4.24. The van der Waals surface area contributed by atoms with Gasteiger partial charge in [-0.1, -0.05) is 23.4 Å². The van der Waals surface area contributed by atoms with Crippen molar-refractivity contribution in [1.82, 2.24) is 25.2 Å². The Labute approximate surface area is 216 Å². The van der Waals surface area contributed by atoms with Crippen LogP contribution in [0.25, 0.3) is 17.0 Å². The van der Waals surface area contributed by atoms with Gasteiger partial charge in [-0.25, -0.2) is 4.68 Å². The van der Waals surface area contributed by atoms with Crippen molar-refractivity contribution in [2.45, 2.75) is 33.7 Å². The smallest absolute Gasteiger partial charge is 0.290 e. The van der Waals surface area contributed by atoms with Gasteiger partial charge in [-0.15, -0.1) is 5.10 Å². The summed E-state index contributed by atoms with van der Waals surface area (Å²) in [7, 11) is 1.88. The maximum absolute atomic E-state index is 13.1. The van der Waals surface area contributed by atoms with E-state index in [4.69, 9.17) is 4.42 Å². The van der Waals surface area contributed by atoms with Gasteiger partial charge < -0.3 is 20.0 Å². The van der Waals surface area contributed by atoms with Crippen molar-refractivity contribution in [2.24, 2.45) is 0 Å². The Balaban J connectivity index is 1.43. The number of nitrogens with zero attached hydrogens (tertiary/aromatic N) is 4. The van der Waals surface area contributed by atoms with Gasteiger partial charge in [-0.3, -0.25) is 9.59 Å². The summed E-state index contributed by atoms with van der Waals surface area (Å²) >= 11 is 0. The first-order chi connectivity index (χ1) is 17.8. The molecule has 0 aliphatic heterocycles. The number of carbonyl (C=O) groups excluding carboxylic acids is 2. The number of furan rings is 1. The minimum Gasteiger partial charge on any atom is -0.451 e. The number of rotatable bonds is 9. The number of anilines is 1. The van der Waals surface area contributed by atoms with Crippen LogP contribution < -0.4 is 10.6 Å². The monoisotopic (exact) mass is 500 g/mol. The molecule has 0 saturated carbocycles. The van der Waals surface area contributed by atoms with E-state index in [1.54, 1.807) is 16.8 Å². The van der Waals surface area contributed by atoms with E-state index >= 15 is 0 Å². The van der Waals surface area contributed by atoms with E-state index in [0.29, 0.717) is 12.3 Å². The quantitative estimate of drug-likeness (QED) is 0.350. The minimum atomic E-state index is -0.337. The van der Waals surface area contributed by atoms with E-state index in [2.05, 4.69) is 20.9 Å². The number of para-hydroxylation sites is 1. The molecule has 2 heterocycles. The van der Waals surface area contributed by atoms with E-state index in [1.807, 2.05) is 83.4 Å². The van der Waals surface area contributed by atoms with E-state index in [9.17, 15) is 9.59 Å². The SMILES string of the molecule is CCN(CC(=O)Nc1c(C)cccc1C)C(=O)c1ccc(-c2ccc(-n3cc(C(C)NC)nn3)cc2)o1. The van der Waals surface area contributed by atoms with Gasteiger partial charge >= 0.3 is 0 Å². The molecule has 0 saturated heterocycles. The fourth-order valence-electron chi connectivity index (χ4n) is 3.98. The first-order valence-electron chi connectivity index (χ1n) is 12.3. The van der Waals surface area contributed by atoms with Crippen LogP contribution in [0.15, 0.2) is 65.2 Å². The average Bonchev–Trinajstić information content (AvgIpc) is 3.59. The topological polar surface area (TPSA) is 105 Å². The summed E-state index contributed by atoms with van der Waals surface area (Å²) in [5.74, 6) is 0.156. The second-order valence-electron chi connectivity index (χ2n) is 8.94. The van der Waals surface area contributed by atoms with Crippen molar-refractivity contribution < 1.29 is 14.0 Å². The predicted molar refractivity (Wildman–Crippen MR) is 143 cm³/mol. The average molecular weight is 501 g/mol. The van der Waals surface area contributed by atoms with Crippen LogP contribution >= 0.6 is 0 Å². The molecule has 2 aromatic heterocycles. The second kappa shape index (κ2) is 11.2. The molecule has 37 heavy (non-hydrogen) atoms. The third-order valence-electron chi connectivity index (χ3n) is 6.37. The van der Waals surface area contributed by atoms with Gasteiger partial charge in [0.1, 0.15) is 12.3 Å². The predicted octanol–water partition coefficient (Wildman–Crippen LogP) is 4.53. The summed E-state index contributed by atoms with van der Waals surface area (Å²) in [6, 6.07) is 17.0. The van der Waals surface area contributed by atoms with Crippen LogP contribution in [0.4, 0.5) is 5.69 Å². The molecule has 2 amide bonds. The lowest BCUT2D eigenvalue weighted by atomic mass is 10.1. The number of aromatic nitrogens is 3. The van der Waals surface area contributed by atoms with Crippen molar-refractivity contribution in [1.29, 1.82) is 0 Å². The lowest BCUT2D eigenvalue weighted by Crippen LogP contribution is -2.37. The minimum absolute atomic E-state index is 0.0695. The molecule has 0 aliphatic rings. The van der Waals surface area contributed by atoms with Crippen molar-refractivity contribution in [2.75, 3.05) is 25.5 Å². The van der Waals surface area contributed by atoms with Gasteiger partial charge in [0.2, 0.25) is 5.91 Å². The van der Waals surface area contributed by atoms with Crippen molar-refractivity contribution in [3.8, 4) is 17.0 Å². The highest BCUT2D eigenvalue weighted by molar-refractivity contribution is 5.99. The number of benzene rings is 2. The van der Waals surface area contributed by atoms with Gasteiger partial charge in [-0.05, 0) is 82.3 Å². The summed E-state index contributed by atoms with van der Waals surface area (Å²) in [6.45, 7) is 8.03. The highest BCUT2D eigenvalue weighted by Crippen LogP contribution is 2.25. The molecule has 4 aromatic rings.